The average molecular weight is 376 g/mol. The molecule has 4 fully saturated rings. The van der Waals surface area contributed by atoms with Crippen molar-refractivity contribution in [3.05, 3.63) is 34.4 Å². The van der Waals surface area contributed by atoms with Crippen LogP contribution < -0.4 is 0 Å². The zero-order valence-corrected chi connectivity index (χ0v) is 14.0. The summed E-state index contributed by atoms with van der Waals surface area (Å²) in [5.41, 5.74) is 0.716. The normalized spacial score (nSPS) is 38.8. The maximum Gasteiger partial charge on any atom is 0.160 e. The summed E-state index contributed by atoms with van der Waals surface area (Å²) in [5.74, 6) is 2.09. The number of alkyl halides is 1. The molecule has 4 bridgehead atoms. The summed E-state index contributed by atoms with van der Waals surface area (Å²) in [4.78, 5) is 0.0371. The third-order valence-corrected chi connectivity index (χ3v) is 7.41. The third-order valence-electron chi connectivity index (χ3n) is 5.97. The van der Waals surface area contributed by atoms with Gasteiger partial charge in [0.05, 0.1) is 0 Å². The van der Waals surface area contributed by atoms with E-state index in [1.165, 1.54) is 38.2 Å². The van der Waals surface area contributed by atoms with E-state index in [-0.39, 0.29) is 4.83 Å². The van der Waals surface area contributed by atoms with E-state index < -0.39 is 11.6 Å². The van der Waals surface area contributed by atoms with Gasteiger partial charge in [-0.05, 0) is 79.4 Å². The van der Waals surface area contributed by atoms with E-state index in [2.05, 4.69) is 15.9 Å². The number of hydrogen-bond acceptors (Lipinski definition) is 0. The molecule has 0 aromatic heterocycles. The maximum absolute atomic E-state index is 13.6. The third kappa shape index (κ3) is 2.35. The van der Waals surface area contributed by atoms with Crippen molar-refractivity contribution < 1.29 is 8.78 Å². The Kier molecular flexibility index (Phi) is 3.57. The van der Waals surface area contributed by atoms with E-state index in [0.29, 0.717) is 16.5 Å². The van der Waals surface area contributed by atoms with Crippen LogP contribution in [0.2, 0.25) is 5.02 Å². The predicted octanol–water partition coefficient (Wildman–Crippen LogP) is 6.13. The SMILES string of the molecule is Fc1cc(Cl)c(C(Br)C2C3CC4CC(C3)CC2C4)cc1F. The van der Waals surface area contributed by atoms with Gasteiger partial charge < -0.3 is 0 Å². The molecule has 5 rings (SSSR count). The van der Waals surface area contributed by atoms with Crippen LogP contribution in [0.15, 0.2) is 12.1 Å². The molecule has 4 aliphatic carbocycles. The van der Waals surface area contributed by atoms with Gasteiger partial charge in [0.15, 0.2) is 11.6 Å². The number of hydrogen-bond donors (Lipinski definition) is 0. The van der Waals surface area contributed by atoms with Gasteiger partial charge in [-0.15, -0.1) is 0 Å². The van der Waals surface area contributed by atoms with Crippen LogP contribution in [0.4, 0.5) is 8.78 Å². The molecule has 0 saturated heterocycles. The van der Waals surface area contributed by atoms with Gasteiger partial charge >= 0.3 is 0 Å². The number of halogens is 4. The maximum atomic E-state index is 13.6. The summed E-state index contributed by atoms with van der Waals surface area (Å²) < 4.78 is 26.9. The second-order valence-electron chi connectivity index (χ2n) is 7.20. The lowest BCUT2D eigenvalue weighted by Crippen LogP contribution is -2.46. The van der Waals surface area contributed by atoms with Crippen molar-refractivity contribution in [2.75, 3.05) is 0 Å². The first-order valence-corrected chi connectivity index (χ1v) is 9.10. The Morgan fingerprint density at radius 2 is 1.48 bits per heavy atom. The van der Waals surface area contributed by atoms with E-state index in [4.69, 9.17) is 11.6 Å². The predicted molar refractivity (Wildman–Crippen MR) is 83.6 cm³/mol. The summed E-state index contributed by atoms with van der Waals surface area (Å²) in [6, 6.07) is 2.39. The van der Waals surface area contributed by atoms with Crippen LogP contribution in [0.3, 0.4) is 0 Å². The summed E-state index contributed by atoms with van der Waals surface area (Å²) >= 11 is 9.95. The van der Waals surface area contributed by atoms with Crippen molar-refractivity contribution in [2.45, 2.75) is 36.9 Å². The molecule has 114 valence electrons. The van der Waals surface area contributed by atoms with Gasteiger partial charge in [0.25, 0.3) is 0 Å². The lowest BCUT2D eigenvalue weighted by atomic mass is 9.51. The van der Waals surface area contributed by atoms with Crippen LogP contribution >= 0.6 is 27.5 Å². The van der Waals surface area contributed by atoms with Crippen LogP contribution in [-0.2, 0) is 0 Å². The van der Waals surface area contributed by atoms with Crippen LogP contribution in [0.25, 0.3) is 0 Å². The van der Waals surface area contributed by atoms with Gasteiger partial charge in [-0.3, -0.25) is 0 Å². The Bertz CT molecular complexity index is 546. The smallest absolute Gasteiger partial charge is 0.160 e. The standard InChI is InChI=1S/C17H18BrClF2/c18-17(12-6-14(20)15(21)7-13(12)19)16-10-2-8-1-9(4-10)5-11(16)3-8/h6-11,16-17H,1-5H2. The molecule has 0 N–H and O–H groups in total. The lowest BCUT2D eigenvalue weighted by Gasteiger charge is -2.55. The quantitative estimate of drug-likeness (QED) is 0.431. The first-order valence-electron chi connectivity index (χ1n) is 7.81. The minimum Gasteiger partial charge on any atom is -0.204 e. The average Bonchev–Trinajstić information content (AvgIpc) is 2.41. The largest absolute Gasteiger partial charge is 0.204 e. The van der Waals surface area contributed by atoms with Gasteiger partial charge in [-0.25, -0.2) is 8.78 Å². The van der Waals surface area contributed by atoms with E-state index in [1.807, 2.05) is 0 Å². The Morgan fingerprint density at radius 3 is 2.05 bits per heavy atom. The molecule has 21 heavy (non-hydrogen) atoms. The van der Waals surface area contributed by atoms with E-state index >= 15 is 0 Å². The molecule has 1 unspecified atom stereocenters. The highest BCUT2D eigenvalue weighted by Gasteiger charge is 2.50. The Labute approximate surface area is 137 Å². The molecule has 1 aromatic carbocycles. The van der Waals surface area contributed by atoms with Crippen molar-refractivity contribution in [3.63, 3.8) is 0 Å². The second-order valence-corrected chi connectivity index (χ2v) is 8.59. The highest BCUT2D eigenvalue weighted by molar-refractivity contribution is 9.09. The van der Waals surface area contributed by atoms with Gasteiger partial charge in [-0.2, -0.15) is 0 Å². The molecule has 0 spiro atoms. The fourth-order valence-corrected chi connectivity index (χ4v) is 7.04. The van der Waals surface area contributed by atoms with Crippen LogP contribution in [0.1, 0.15) is 42.5 Å². The van der Waals surface area contributed by atoms with Gasteiger partial charge in [0.1, 0.15) is 0 Å². The molecule has 0 aliphatic heterocycles. The van der Waals surface area contributed by atoms with Crippen molar-refractivity contribution >= 4 is 27.5 Å². The van der Waals surface area contributed by atoms with Gasteiger partial charge in [0, 0.05) is 9.85 Å². The molecule has 1 atom stereocenters. The lowest BCUT2D eigenvalue weighted by molar-refractivity contribution is -0.0364. The minimum absolute atomic E-state index is 0.0371. The summed E-state index contributed by atoms with van der Waals surface area (Å²) in [6.07, 6.45) is 6.64. The Balaban J connectivity index is 1.66. The molecule has 0 radical (unpaired) electrons. The monoisotopic (exact) mass is 374 g/mol. The topological polar surface area (TPSA) is 0 Å². The second kappa shape index (κ2) is 5.19. The first-order chi connectivity index (χ1) is 10.0. The van der Waals surface area contributed by atoms with Gasteiger partial charge in [0.2, 0.25) is 0 Å². The summed E-state index contributed by atoms with van der Waals surface area (Å²) in [6.45, 7) is 0. The zero-order valence-electron chi connectivity index (χ0n) is 11.7. The van der Waals surface area contributed by atoms with E-state index in [0.717, 1.165) is 29.7 Å². The highest BCUT2D eigenvalue weighted by atomic mass is 79.9. The molecule has 0 heterocycles. The highest BCUT2D eigenvalue weighted by Crippen LogP contribution is 2.61. The summed E-state index contributed by atoms with van der Waals surface area (Å²) in [7, 11) is 0. The Hall–Kier alpha value is -0.150. The molecule has 4 saturated carbocycles. The fraction of sp³-hybridized carbons (Fsp3) is 0.647. The van der Waals surface area contributed by atoms with Crippen molar-refractivity contribution in [3.8, 4) is 0 Å². The zero-order chi connectivity index (χ0) is 14.7. The van der Waals surface area contributed by atoms with Gasteiger partial charge in [-0.1, -0.05) is 27.5 Å². The fourth-order valence-electron chi connectivity index (χ4n) is 5.40. The molecule has 1 aromatic rings. The van der Waals surface area contributed by atoms with Crippen molar-refractivity contribution in [1.29, 1.82) is 0 Å². The molecular formula is C17H18BrClF2. The molecular weight excluding hydrogens is 358 g/mol. The summed E-state index contributed by atoms with van der Waals surface area (Å²) in [5, 5.41) is 0.338. The van der Waals surface area contributed by atoms with E-state index in [9.17, 15) is 8.78 Å². The molecule has 4 heteroatoms. The van der Waals surface area contributed by atoms with Crippen LogP contribution in [0, 0.1) is 41.2 Å². The molecule has 0 amide bonds. The Morgan fingerprint density at radius 1 is 0.952 bits per heavy atom. The van der Waals surface area contributed by atoms with Crippen LogP contribution in [0.5, 0.6) is 0 Å². The number of rotatable bonds is 2. The molecule has 0 nitrogen and oxygen atoms in total. The van der Waals surface area contributed by atoms with Crippen LogP contribution in [-0.4, -0.2) is 0 Å². The van der Waals surface area contributed by atoms with Crippen molar-refractivity contribution in [1.82, 2.24) is 0 Å². The first kappa shape index (κ1) is 14.4. The van der Waals surface area contributed by atoms with Crippen molar-refractivity contribution in [2.24, 2.45) is 29.6 Å². The van der Waals surface area contributed by atoms with E-state index in [1.54, 1.807) is 0 Å². The molecule has 4 aliphatic rings. The minimum atomic E-state index is -0.867. The number of benzene rings is 1.